The zero-order valence-electron chi connectivity index (χ0n) is 5.54. The van der Waals surface area contributed by atoms with Crippen LogP contribution in [0.2, 0.25) is 0 Å². The summed E-state index contributed by atoms with van der Waals surface area (Å²) in [4.78, 5) is 0. The average Bonchev–Trinajstić information content (AvgIpc) is 2.03. The molecule has 0 fully saturated rings. The van der Waals surface area contributed by atoms with Gasteiger partial charge in [-0.3, -0.25) is 0 Å². The third kappa shape index (κ3) is 3.13. The van der Waals surface area contributed by atoms with Crippen LogP contribution < -0.4 is 0 Å². The second kappa shape index (κ2) is 4.08. The first-order valence-corrected chi connectivity index (χ1v) is 5.10. The summed E-state index contributed by atoms with van der Waals surface area (Å²) < 4.78 is 21.6. The van der Waals surface area contributed by atoms with Crippen molar-refractivity contribution in [3.8, 4) is 0 Å². The molecular formula is C6H6N2O2Se. The van der Waals surface area contributed by atoms with Gasteiger partial charge in [-0.05, 0) is 0 Å². The van der Waals surface area contributed by atoms with Crippen molar-refractivity contribution < 1.29 is 8.02 Å². The Bertz CT molecular complexity index is 273. The Labute approximate surface area is 68.2 Å². The topological polar surface area (TPSA) is 62.0 Å². The predicted molar refractivity (Wildman–Crippen MR) is 39.6 cm³/mol. The van der Waals surface area contributed by atoms with Crippen LogP contribution in [0.15, 0.2) is 39.6 Å². The van der Waals surface area contributed by atoms with Gasteiger partial charge in [-0.15, -0.1) is 0 Å². The van der Waals surface area contributed by atoms with E-state index in [2.05, 4.69) is 9.24 Å². The van der Waals surface area contributed by atoms with E-state index in [0.29, 0.717) is 5.69 Å². The summed E-state index contributed by atoms with van der Waals surface area (Å²) in [5.74, 6) is 0. The Hall–Kier alpha value is -0.901. The van der Waals surface area contributed by atoms with Gasteiger partial charge in [0, 0.05) is 0 Å². The molecule has 0 spiro atoms. The van der Waals surface area contributed by atoms with Gasteiger partial charge >= 0.3 is 67.7 Å². The van der Waals surface area contributed by atoms with Gasteiger partial charge in [-0.25, -0.2) is 0 Å². The molecule has 0 amide bonds. The van der Waals surface area contributed by atoms with Crippen LogP contribution in [-0.4, -0.2) is 18.6 Å². The minimum absolute atomic E-state index is 0.589. The van der Waals surface area contributed by atoms with Gasteiger partial charge < -0.3 is 0 Å². The third-order valence-electron chi connectivity index (χ3n) is 0.982. The fourth-order valence-electron chi connectivity index (χ4n) is 0.577. The first-order chi connectivity index (χ1) is 5.29. The molecule has 1 rings (SSSR count). The molecule has 1 N–H and O–H groups in total. The first-order valence-electron chi connectivity index (χ1n) is 2.87. The Morgan fingerprint density at radius 2 is 1.91 bits per heavy atom. The van der Waals surface area contributed by atoms with Crippen molar-refractivity contribution in [2.75, 3.05) is 0 Å². The molecule has 0 aliphatic rings. The summed E-state index contributed by atoms with van der Waals surface area (Å²) in [6, 6.07) is 8.82. The molecule has 4 nitrogen and oxygen atoms in total. The van der Waals surface area contributed by atoms with Crippen LogP contribution in [0, 0.1) is 0 Å². The molecule has 0 heterocycles. The van der Waals surface area contributed by atoms with Gasteiger partial charge in [0.25, 0.3) is 0 Å². The fourth-order valence-corrected chi connectivity index (χ4v) is 0.921. The Morgan fingerprint density at radius 1 is 1.27 bits per heavy atom. The number of benzene rings is 1. The van der Waals surface area contributed by atoms with Crippen molar-refractivity contribution in [3.63, 3.8) is 0 Å². The summed E-state index contributed by atoms with van der Waals surface area (Å²) in [6.45, 7) is 0. The maximum atomic E-state index is 10.1. The quantitative estimate of drug-likeness (QED) is 0.597. The Balaban J connectivity index is 2.72. The molecule has 0 aliphatic heterocycles. The van der Waals surface area contributed by atoms with E-state index < -0.39 is 14.4 Å². The molecule has 1 aromatic carbocycles. The molecule has 0 radical (unpaired) electrons. The molecule has 0 saturated heterocycles. The van der Waals surface area contributed by atoms with Crippen molar-refractivity contribution in [2.24, 2.45) is 9.24 Å². The molecule has 0 aromatic heterocycles. The third-order valence-corrected chi connectivity index (χ3v) is 1.45. The minimum atomic E-state index is -3.02. The molecule has 5 heteroatoms. The monoisotopic (exact) mass is 218 g/mol. The van der Waals surface area contributed by atoms with E-state index in [1.807, 2.05) is 6.07 Å². The van der Waals surface area contributed by atoms with Crippen molar-refractivity contribution >= 4 is 20.1 Å². The first kappa shape index (κ1) is 8.20. The summed E-state index contributed by atoms with van der Waals surface area (Å²) in [5, 5.41) is 3.52. The van der Waals surface area contributed by atoms with E-state index >= 15 is 0 Å². The van der Waals surface area contributed by atoms with Crippen LogP contribution in [0.1, 0.15) is 0 Å². The predicted octanol–water partition coefficient (Wildman–Crippen LogP) is 1.18. The number of hydrogen-bond acceptors (Lipinski definition) is 2. The summed E-state index contributed by atoms with van der Waals surface area (Å²) in [5.41, 5.74) is 0.589. The Kier molecular flexibility index (Phi) is 3.04. The van der Waals surface area contributed by atoms with Gasteiger partial charge in [0.05, 0.1) is 0 Å². The molecule has 1 unspecified atom stereocenters. The van der Waals surface area contributed by atoms with Crippen LogP contribution in [0.25, 0.3) is 0 Å². The summed E-state index contributed by atoms with van der Waals surface area (Å²) >= 11 is -3.02. The second-order valence-corrected chi connectivity index (χ2v) is 3.06. The normalized spacial score (nSPS) is 13.5. The van der Waals surface area contributed by atoms with Gasteiger partial charge in [0.1, 0.15) is 0 Å². The van der Waals surface area contributed by atoms with Gasteiger partial charge in [-0.2, -0.15) is 0 Å². The van der Waals surface area contributed by atoms with E-state index in [-0.39, 0.29) is 0 Å². The molecule has 11 heavy (non-hydrogen) atoms. The summed E-state index contributed by atoms with van der Waals surface area (Å²) in [6.07, 6.45) is 0. The molecule has 0 aliphatic carbocycles. The van der Waals surface area contributed by atoms with E-state index in [9.17, 15) is 3.83 Å². The van der Waals surface area contributed by atoms with Crippen LogP contribution in [0.3, 0.4) is 0 Å². The molecule has 1 atom stereocenters. The number of rotatable bonds is 2. The zero-order valence-corrected chi connectivity index (χ0v) is 7.26. The standard InChI is InChI=1S/C6H6N2O2Se/c9-11(10)8-7-6-4-2-1-3-5-6/h1-5H,(H,9,10). The van der Waals surface area contributed by atoms with Crippen LogP contribution in [0.4, 0.5) is 5.69 Å². The summed E-state index contributed by atoms with van der Waals surface area (Å²) in [7, 11) is 0. The van der Waals surface area contributed by atoms with Crippen molar-refractivity contribution in [1.29, 1.82) is 0 Å². The van der Waals surface area contributed by atoms with Crippen molar-refractivity contribution in [2.45, 2.75) is 0 Å². The van der Waals surface area contributed by atoms with E-state index in [0.717, 1.165) is 0 Å². The van der Waals surface area contributed by atoms with Crippen LogP contribution >= 0.6 is 0 Å². The SMILES string of the molecule is O=[Se](O)N=Nc1ccccc1. The fraction of sp³-hybridized carbons (Fsp3) is 0. The number of hydrogen-bond donors (Lipinski definition) is 1. The molecule has 1 aromatic rings. The van der Waals surface area contributed by atoms with Crippen molar-refractivity contribution in [3.05, 3.63) is 30.3 Å². The van der Waals surface area contributed by atoms with E-state index in [4.69, 9.17) is 4.19 Å². The Morgan fingerprint density at radius 3 is 2.45 bits per heavy atom. The second-order valence-electron chi connectivity index (χ2n) is 1.75. The molecule has 0 bridgehead atoms. The van der Waals surface area contributed by atoms with Crippen molar-refractivity contribution in [1.82, 2.24) is 0 Å². The molecule has 58 valence electrons. The average molecular weight is 217 g/mol. The number of nitrogens with zero attached hydrogens (tertiary/aromatic N) is 2. The molecule has 0 saturated carbocycles. The van der Waals surface area contributed by atoms with E-state index in [1.54, 1.807) is 24.3 Å². The zero-order chi connectivity index (χ0) is 8.10. The van der Waals surface area contributed by atoms with Gasteiger partial charge in [-0.1, -0.05) is 0 Å². The van der Waals surface area contributed by atoms with E-state index in [1.165, 1.54) is 0 Å². The molecular weight excluding hydrogens is 211 g/mol. The van der Waals surface area contributed by atoms with Gasteiger partial charge in [0.2, 0.25) is 0 Å². The van der Waals surface area contributed by atoms with Gasteiger partial charge in [0.15, 0.2) is 0 Å². The van der Waals surface area contributed by atoms with Crippen LogP contribution in [0.5, 0.6) is 0 Å². The maximum absolute atomic E-state index is 10.1. The van der Waals surface area contributed by atoms with Crippen LogP contribution in [-0.2, 0) is 3.83 Å².